The molecular weight excluding hydrogens is 362 g/mol. The Bertz CT molecular complexity index is 1150. The lowest BCUT2D eigenvalue weighted by atomic mass is 10.1. The van der Waals surface area contributed by atoms with E-state index in [1.54, 1.807) is 32.0 Å². The molecule has 1 aliphatic heterocycles. The van der Waals surface area contributed by atoms with Gasteiger partial charge in [0, 0.05) is 22.5 Å². The third-order valence-electron chi connectivity index (χ3n) is 4.56. The molecule has 0 bridgehead atoms. The molecular formula is C20H17N3O5. The smallest absolute Gasteiger partial charge is 0.334 e. The first kappa shape index (κ1) is 17.7. The number of rotatable bonds is 4. The van der Waals surface area contributed by atoms with Gasteiger partial charge in [-0.05, 0) is 38.1 Å². The third-order valence-corrected chi connectivity index (χ3v) is 4.56. The molecule has 1 aliphatic rings. The monoisotopic (exact) mass is 379 g/mol. The number of amides is 5. The van der Waals surface area contributed by atoms with Gasteiger partial charge in [-0.3, -0.25) is 19.3 Å². The van der Waals surface area contributed by atoms with Gasteiger partial charge in [-0.15, -0.1) is 0 Å². The summed E-state index contributed by atoms with van der Waals surface area (Å²) in [6.45, 7) is 2.71. The van der Waals surface area contributed by atoms with Crippen molar-refractivity contribution in [2.45, 2.75) is 19.9 Å². The van der Waals surface area contributed by atoms with Gasteiger partial charge in [0.2, 0.25) is 5.91 Å². The van der Waals surface area contributed by atoms with Crippen LogP contribution < -0.4 is 5.32 Å². The minimum absolute atomic E-state index is 0.464. The first-order valence-corrected chi connectivity index (χ1v) is 8.77. The molecule has 5 amide bonds. The zero-order valence-corrected chi connectivity index (χ0v) is 15.3. The van der Waals surface area contributed by atoms with E-state index in [0.29, 0.717) is 16.2 Å². The lowest BCUT2D eigenvalue weighted by molar-refractivity contribution is -0.144. The number of fused-ring (bicyclic) bond motifs is 3. The van der Waals surface area contributed by atoms with Crippen LogP contribution in [0.25, 0.3) is 21.9 Å². The summed E-state index contributed by atoms with van der Waals surface area (Å²) < 4.78 is 5.74. The second kappa shape index (κ2) is 6.49. The number of carbonyl (C=O) groups excluding carboxylic acids is 4. The number of nitrogens with zero attached hydrogens (tertiary/aromatic N) is 2. The summed E-state index contributed by atoms with van der Waals surface area (Å²) in [5.41, 5.74) is 1.92. The van der Waals surface area contributed by atoms with Crippen LogP contribution in [0, 0.1) is 0 Å². The number of carbonyl (C=O) groups is 4. The maximum Gasteiger partial charge on any atom is 0.334 e. The van der Waals surface area contributed by atoms with Crippen LogP contribution in [0.15, 0.2) is 46.9 Å². The van der Waals surface area contributed by atoms with E-state index in [1.165, 1.54) is 0 Å². The summed E-state index contributed by atoms with van der Waals surface area (Å²) in [5.74, 6) is -2.49. The van der Waals surface area contributed by atoms with E-state index < -0.39 is 36.3 Å². The molecule has 1 N–H and O–H groups in total. The highest BCUT2D eigenvalue weighted by molar-refractivity contribution is 6.45. The highest BCUT2D eigenvalue weighted by Crippen LogP contribution is 2.30. The molecule has 8 nitrogen and oxygen atoms in total. The van der Waals surface area contributed by atoms with Crippen LogP contribution in [0.2, 0.25) is 0 Å². The standard InChI is InChI=1S/C20H17N3O5/c1-11(2)23-19(26)18(25)22(20(23)27)10-17(24)21-12-7-8-16-14(9-12)13-5-3-4-6-15(13)28-16/h3-9,11H,10H2,1-2H3,(H,21,24). The van der Waals surface area contributed by atoms with Crippen molar-refractivity contribution in [3.05, 3.63) is 42.5 Å². The minimum Gasteiger partial charge on any atom is -0.456 e. The van der Waals surface area contributed by atoms with Crippen LogP contribution in [-0.4, -0.2) is 46.1 Å². The minimum atomic E-state index is -0.995. The Labute approximate surface area is 159 Å². The van der Waals surface area contributed by atoms with Gasteiger partial charge in [-0.1, -0.05) is 18.2 Å². The molecule has 1 saturated heterocycles. The van der Waals surface area contributed by atoms with E-state index in [-0.39, 0.29) is 0 Å². The van der Waals surface area contributed by atoms with Gasteiger partial charge in [0.15, 0.2) is 0 Å². The second-order valence-corrected chi connectivity index (χ2v) is 6.80. The Kier molecular flexibility index (Phi) is 4.11. The molecule has 2 heterocycles. The summed E-state index contributed by atoms with van der Waals surface area (Å²) in [6, 6.07) is 11.5. The Morgan fingerprint density at radius 3 is 2.43 bits per heavy atom. The number of hydrogen-bond acceptors (Lipinski definition) is 5. The van der Waals surface area contributed by atoms with Crippen LogP contribution in [0.5, 0.6) is 0 Å². The predicted molar refractivity (Wildman–Crippen MR) is 101 cm³/mol. The fourth-order valence-corrected chi connectivity index (χ4v) is 3.27. The lowest BCUT2D eigenvalue weighted by Crippen LogP contribution is -2.40. The molecule has 0 saturated carbocycles. The fraction of sp³-hybridized carbons (Fsp3) is 0.200. The van der Waals surface area contributed by atoms with Crippen molar-refractivity contribution in [3.8, 4) is 0 Å². The Balaban J connectivity index is 1.54. The number of urea groups is 1. The van der Waals surface area contributed by atoms with E-state index >= 15 is 0 Å². The van der Waals surface area contributed by atoms with E-state index in [1.807, 2.05) is 24.3 Å². The lowest BCUT2D eigenvalue weighted by Gasteiger charge is -2.18. The highest BCUT2D eigenvalue weighted by Gasteiger charge is 2.46. The quantitative estimate of drug-likeness (QED) is 0.555. The normalized spacial score (nSPS) is 14.8. The number of nitrogens with one attached hydrogen (secondary N) is 1. The molecule has 2 aromatic carbocycles. The molecule has 4 rings (SSSR count). The Hall–Kier alpha value is -3.68. The average Bonchev–Trinajstić information content (AvgIpc) is 3.12. The maximum absolute atomic E-state index is 12.4. The highest BCUT2D eigenvalue weighted by atomic mass is 16.3. The maximum atomic E-state index is 12.4. The van der Waals surface area contributed by atoms with Gasteiger partial charge in [0.05, 0.1) is 0 Å². The van der Waals surface area contributed by atoms with Crippen LogP contribution in [0.3, 0.4) is 0 Å². The van der Waals surface area contributed by atoms with Gasteiger partial charge >= 0.3 is 17.8 Å². The third kappa shape index (κ3) is 2.79. The first-order chi connectivity index (χ1) is 13.4. The zero-order chi connectivity index (χ0) is 20.0. The Morgan fingerprint density at radius 2 is 1.71 bits per heavy atom. The molecule has 3 aromatic rings. The largest absolute Gasteiger partial charge is 0.456 e. The molecule has 1 aromatic heterocycles. The van der Waals surface area contributed by atoms with Crippen LogP contribution in [0.1, 0.15) is 13.8 Å². The second-order valence-electron chi connectivity index (χ2n) is 6.80. The van der Waals surface area contributed by atoms with Crippen molar-refractivity contribution in [1.82, 2.24) is 9.80 Å². The van der Waals surface area contributed by atoms with Gasteiger partial charge in [-0.2, -0.15) is 0 Å². The number of furan rings is 1. The van der Waals surface area contributed by atoms with Crippen molar-refractivity contribution in [2.75, 3.05) is 11.9 Å². The fourth-order valence-electron chi connectivity index (χ4n) is 3.27. The number of hydrogen-bond donors (Lipinski definition) is 1. The number of imide groups is 2. The molecule has 0 unspecified atom stereocenters. The summed E-state index contributed by atoms with van der Waals surface area (Å²) in [6.07, 6.45) is 0. The van der Waals surface area contributed by atoms with Gasteiger partial charge in [0.1, 0.15) is 17.7 Å². The predicted octanol–water partition coefficient (Wildman–Crippen LogP) is 2.72. The van der Waals surface area contributed by atoms with Crippen LogP contribution in [-0.2, 0) is 14.4 Å². The summed E-state index contributed by atoms with van der Waals surface area (Å²) >= 11 is 0. The SMILES string of the molecule is CC(C)N1C(=O)C(=O)N(CC(=O)Nc2ccc3oc4ccccc4c3c2)C1=O. The summed E-state index contributed by atoms with van der Waals surface area (Å²) in [7, 11) is 0. The molecule has 8 heteroatoms. The zero-order valence-electron chi connectivity index (χ0n) is 15.3. The molecule has 0 aliphatic carbocycles. The van der Waals surface area contributed by atoms with E-state index in [2.05, 4.69) is 5.32 Å². The van der Waals surface area contributed by atoms with Crippen molar-refractivity contribution < 1.29 is 23.6 Å². The molecule has 0 atom stereocenters. The van der Waals surface area contributed by atoms with Crippen LogP contribution in [0.4, 0.5) is 10.5 Å². The first-order valence-electron chi connectivity index (χ1n) is 8.77. The van der Waals surface area contributed by atoms with E-state index in [9.17, 15) is 19.2 Å². The molecule has 142 valence electrons. The topological polar surface area (TPSA) is 99.9 Å². The molecule has 0 spiro atoms. The summed E-state index contributed by atoms with van der Waals surface area (Å²) in [5, 5.41) is 4.41. The van der Waals surface area contributed by atoms with E-state index in [0.717, 1.165) is 21.3 Å². The molecule has 1 fully saturated rings. The van der Waals surface area contributed by atoms with Crippen molar-refractivity contribution in [1.29, 1.82) is 0 Å². The number of para-hydroxylation sites is 1. The molecule has 0 radical (unpaired) electrons. The summed E-state index contributed by atoms with van der Waals surface area (Å²) in [4.78, 5) is 50.1. The van der Waals surface area contributed by atoms with Crippen molar-refractivity contribution >= 4 is 51.4 Å². The van der Waals surface area contributed by atoms with Crippen LogP contribution >= 0.6 is 0 Å². The van der Waals surface area contributed by atoms with Gasteiger partial charge in [-0.25, -0.2) is 9.69 Å². The van der Waals surface area contributed by atoms with Gasteiger partial charge < -0.3 is 9.73 Å². The average molecular weight is 379 g/mol. The molecule has 28 heavy (non-hydrogen) atoms. The number of benzene rings is 2. The number of anilines is 1. The van der Waals surface area contributed by atoms with E-state index in [4.69, 9.17) is 4.42 Å². The Morgan fingerprint density at radius 1 is 1.00 bits per heavy atom. The van der Waals surface area contributed by atoms with Crippen molar-refractivity contribution in [2.24, 2.45) is 0 Å². The van der Waals surface area contributed by atoms with Crippen molar-refractivity contribution in [3.63, 3.8) is 0 Å². The van der Waals surface area contributed by atoms with Gasteiger partial charge in [0.25, 0.3) is 0 Å².